The third kappa shape index (κ3) is 2.76. The molecule has 0 spiro atoms. The van der Waals surface area contributed by atoms with E-state index in [4.69, 9.17) is 4.42 Å². The second-order valence-electron chi connectivity index (χ2n) is 5.56. The average Bonchev–Trinajstić information content (AvgIpc) is 3.06. The third-order valence-corrected chi connectivity index (χ3v) is 5.75. The molecule has 0 radical (unpaired) electrons. The van der Waals surface area contributed by atoms with E-state index in [1.807, 2.05) is 31.2 Å². The van der Waals surface area contributed by atoms with Gasteiger partial charge in [0.15, 0.2) is 0 Å². The number of aryl methyl sites for hydroxylation is 3. The highest BCUT2D eigenvalue weighted by atomic mass is 32.2. The van der Waals surface area contributed by atoms with Crippen LogP contribution in [0.5, 0.6) is 0 Å². The first-order chi connectivity index (χ1) is 9.96. The smallest absolute Gasteiger partial charge is 0.243 e. The summed E-state index contributed by atoms with van der Waals surface area (Å²) in [5, 5.41) is 0. The number of hydrogen-bond donors (Lipinski definition) is 0. The first-order valence-electron chi connectivity index (χ1n) is 7.10. The summed E-state index contributed by atoms with van der Waals surface area (Å²) in [5.41, 5.74) is 2.44. The number of fused-ring (bicyclic) bond motifs is 1. The summed E-state index contributed by atoms with van der Waals surface area (Å²) in [6.45, 7) is 2.09. The van der Waals surface area contributed by atoms with Crippen molar-refractivity contribution >= 4 is 10.0 Å². The summed E-state index contributed by atoms with van der Waals surface area (Å²) in [4.78, 5) is 0.369. The van der Waals surface area contributed by atoms with Crippen molar-refractivity contribution in [3.8, 4) is 0 Å². The van der Waals surface area contributed by atoms with Gasteiger partial charge in [-0.05, 0) is 61.6 Å². The van der Waals surface area contributed by atoms with Gasteiger partial charge in [-0.15, -0.1) is 0 Å². The van der Waals surface area contributed by atoms with Crippen molar-refractivity contribution < 1.29 is 12.8 Å². The summed E-state index contributed by atoms with van der Waals surface area (Å²) in [6, 6.07) is 9.13. The third-order valence-electron chi connectivity index (χ3n) is 3.95. The van der Waals surface area contributed by atoms with Crippen molar-refractivity contribution in [1.29, 1.82) is 0 Å². The number of rotatable bonds is 4. The van der Waals surface area contributed by atoms with Gasteiger partial charge in [-0.1, -0.05) is 6.07 Å². The molecule has 0 unspecified atom stereocenters. The van der Waals surface area contributed by atoms with Crippen LogP contribution in [-0.2, 0) is 29.4 Å². The predicted molar refractivity (Wildman–Crippen MR) is 80.6 cm³/mol. The van der Waals surface area contributed by atoms with Crippen molar-refractivity contribution in [1.82, 2.24) is 4.31 Å². The van der Waals surface area contributed by atoms with Crippen LogP contribution >= 0.6 is 0 Å². The van der Waals surface area contributed by atoms with E-state index in [2.05, 4.69) is 0 Å². The predicted octanol–water partition coefficient (Wildman–Crippen LogP) is 2.90. The topological polar surface area (TPSA) is 50.5 Å². The number of sulfonamides is 1. The van der Waals surface area contributed by atoms with Gasteiger partial charge >= 0.3 is 0 Å². The fourth-order valence-corrected chi connectivity index (χ4v) is 3.95. The van der Waals surface area contributed by atoms with Crippen molar-refractivity contribution in [2.75, 3.05) is 7.05 Å². The Hall–Kier alpha value is -1.59. The van der Waals surface area contributed by atoms with Gasteiger partial charge in [-0.2, -0.15) is 4.31 Å². The minimum absolute atomic E-state index is 0.243. The molecule has 1 aliphatic carbocycles. The Balaban J connectivity index is 1.85. The van der Waals surface area contributed by atoms with E-state index in [1.54, 1.807) is 13.1 Å². The fourth-order valence-electron chi connectivity index (χ4n) is 2.76. The Labute approximate surface area is 125 Å². The van der Waals surface area contributed by atoms with Gasteiger partial charge in [0.1, 0.15) is 11.5 Å². The molecule has 0 atom stereocenters. The molecule has 4 nitrogen and oxygen atoms in total. The highest BCUT2D eigenvalue weighted by Crippen LogP contribution is 2.26. The van der Waals surface area contributed by atoms with Crippen LogP contribution in [0.2, 0.25) is 0 Å². The van der Waals surface area contributed by atoms with Crippen molar-refractivity contribution in [2.45, 2.75) is 37.6 Å². The molecule has 1 heterocycles. The fraction of sp³-hybridized carbons (Fsp3) is 0.375. The maximum absolute atomic E-state index is 12.6. The van der Waals surface area contributed by atoms with Gasteiger partial charge in [0.2, 0.25) is 10.0 Å². The van der Waals surface area contributed by atoms with Crippen molar-refractivity contribution in [3.63, 3.8) is 0 Å². The minimum atomic E-state index is -3.48. The molecule has 5 heteroatoms. The summed E-state index contributed by atoms with van der Waals surface area (Å²) in [7, 11) is -1.89. The van der Waals surface area contributed by atoms with E-state index in [0.717, 1.165) is 25.0 Å². The molecule has 0 saturated carbocycles. The number of benzene rings is 1. The van der Waals surface area contributed by atoms with Gasteiger partial charge in [0.05, 0.1) is 11.4 Å². The lowest BCUT2D eigenvalue weighted by Gasteiger charge is -2.16. The molecule has 0 bridgehead atoms. The van der Waals surface area contributed by atoms with Crippen LogP contribution in [0, 0.1) is 6.92 Å². The Morgan fingerprint density at radius 3 is 2.62 bits per heavy atom. The first kappa shape index (κ1) is 14.4. The zero-order valence-electron chi connectivity index (χ0n) is 12.3. The zero-order valence-corrected chi connectivity index (χ0v) is 13.1. The molecule has 0 aliphatic heterocycles. The Morgan fingerprint density at radius 2 is 1.90 bits per heavy atom. The molecule has 112 valence electrons. The zero-order chi connectivity index (χ0) is 15.0. The molecule has 2 aromatic rings. The maximum atomic E-state index is 12.6. The molecule has 0 saturated heterocycles. The van der Waals surface area contributed by atoms with E-state index in [-0.39, 0.29) is 6.54 Å². The van der Waals surface area contributed by atoms with Crippen LogP contribution in [-0.4, -0.2) is 19.8 Å². The van der Waals surface area contributed by atoms with E-state index in [1.165, 1.54) is 15.4 Å². The van der Waals surface area contributed by atoms with Crippen LogP contribution in [0.1, 0.15) is 29.1 Å². The van der Waals surface area contributed by atoms with E-state index in [9.17, 15) is 8.42 Å². The number of hydrogen-bond acceptors (Lipinski definition) is 3. The second kappa shape index (κ2) is 5.31. The second-order valence-corrected chi connectivity index (χ2v) is 7.60. The van der Waals surface area contributed by atoms with Gasteiger partial charge < -0.3 is 4.42 Å². The molecular formula is C16H19NO3S. The molecule has 1 aromatic carbocycles. The maximum Gasteiger partial charge on any atom is 0.243 e. The highest BCUT2D eigenvalue weighted by molar-refractivity contribution is 7.89. The number of furan rings is 1. The highest BCUT2D eigenvalue weighted by Gasteiger charge is 2.23. The average molecular weight is 305 g/mol. The normalized spacial score (nSPS) is 14.6. The van der Waals surface area contributed by atoms with Gasteiger partial charge in [-0.25, -0.2) is 8.42 Å². The van der Waals surface area contributed by atoms with Gasteiger partial charge in [-0.3, -0.25) is 0 Å². The number of nitrogens with zero attached hydrogens (tertiary/aromatic N) is 1. The summed E-state index contributed by atoms with van der Waals surface area (Å²) in [5.74, 6) is 1.44. The first-order valence-corrected chi connectivity index (χ1v) is 8.54. The lowest BCUT2D eigenvalue weighted by molar-refractivity contribution is 0.397. The van der Waals surface area contributed by atoms with Crippen LogP contribution < -0.4 is 0 Å². The van der Waals surface area contributed by atoms with Gasteiger partial charge in [0, 0.05) is 7.05 Å². The van der Waals surface area contributed by atoms with E-state index in [0.29, 0.717) is 10.7 Å². The van der Waals surface area contributed by atoms with E-state index < -0.39 is 10.0 Å². The molecule has 0 N–H and O–H groups in total. The van der Waals surface area contributed by atoms with Crippen LogP contribution in [0.15, 0.2) is 39.6 Å². The molecule has 0 amide bonds. The molecule has 0 fully saturated rings. The Kier molecular flexibility index (Phi) is 3.63. The van der Waals surface area contributed by atoms with Crippen LogP contribution in [0.25, 0.3) is 0 Å². The lowest BCUT2D eigenvalue weighted by Crippen LogP contribution is -2.26. The Bertz CT molecular complexity index is 762. The Morgan fingerprint density at radius 1 is 1.14 bits per heavy atom. The SMILES string of the molecule is Cc1ccc(CN(C)S(=O)(=O)c2ccc3c(c2)CCC3)o1. The minimum Gasteiger partial charge on any atom is -0.465 e. The summed E-state index contributed by atoms with van der Waals surface area (Å²) >= 11 is 0. The van der Waals surface area contributed by atoms with Gasteiger partial charge in [0.25, 0.3) is 0 Å². The monoisotopic (exact) mass is 305 g/mol. The summed E-state index contributed by atoms with van der Waals surface area (Å²) in [6.07, 6.45) is 3.14. The van der Waals surface area contributed by atoms with Crippen LogP contribution in [0.3, 0.4) is 0 Å². The van der Waals surface area contributed by atoms with Crippen molar-refractivity contribution in [2.24, 2.45) is 0 Å². The largest absolute Gasteiger partial charge is 0.465 e. The summed E-state index contributed by atoms with van der Waals surface area (Å²) < 4.78 is 32.0. The molecule has 1 aliphatic rings. The molecule has 3 rings (SSSR count). The lowest BCUT2D eigenvalue weighted by atomic mass is 10.1. The molecule has 21 heavy (non-hydrogen) atoms. The quantitative estimate of drug-likeness (QED) is 0.872. The van der Waals surface area contributed by atoms with Crippen LogP contribution in [0.4, 0.5) is 0 Å². The molecular weight excluding hydrogens is 286 g/mol. The van der Waals surface area contributed by atoms with Crippen molar-refractivity contribution in [3.05, 3.63) is 53.0 Å². The van der Waals surface area contributed by atoms with E-state index >= 15 is 0 Å². The molecule has 1 aromatic heterocycles. The standard InChI is InChI=1S/C16H19NO3S/c1-12-6-8-15(20-12)11-17(2)21(18,19)16-9-7-13-4-3-5-14(13)10-16/h6-10H,3-5,11H2,1-2H3.